The maximum atomic E-state index is 13.5. The van der Waals surface area contributed by atoms with E-state index in [1.165, 1.54) is 6.07 Å². The number of halogens is 2. The van der Waals surface area contributed by atoms with E-state index in [9.17, 15) is 18.4 Å². The van der Waals surface area contributed by atoms with Gasteiger partial charge in [-0.1, -0.05) is 18.2 Å². The molecule has 130 valence electrons. The van der Waals surface area contributed by atoms with Gasteiger partial charge in [-0.05, 0) is 37.1 Å². The first-order chi connectivity index (χ1) is 12.0. The molecule has 1 aliphatic rings. The third-order valence-electron chi connectivity index (χ3n) is 3.75. The fourth-order valence-corrected chi connectivity index (χ4v) is 2.30. The van der Waals surface area contributed by atoms with Crippen LogP contribution in [-0.2, 0) is 4.79 Å². The molecule has 2 amide bonds. The van der Waals surface area contributed by atoms with Crippen molar-refractivity contribution in [1.29, 1.82) is 0 Å². The van der Waals surface area contributed by atoms with Crippen LogP contribution in [0.15, 0.2) is 42.5 Å². The van der Waals surface area contributed by atoms with Gasteiger partial charge in [0.05, 0.1) is 12.1 Å². The molecule has 0 radical (unpaired) electrons. The highest BCUT2D eigenvalue weighted by Gasteiger charge is 2.24. The maximum absolute atomic E-state index is 13.5. The largest absolute Gasteiger partial charge is 0.376 e. The molecule has 25 heavy (non-hydrogen) atoms. The van der Waals surface area contributed by atoms with Gasteiger partial charge in [0.2, 0.25) is 5.91 Å². The molecule has 2 aromatic rings. The number of hydrogen-bond acceptors (Lipinski definition) is 3. The Hall–Kier alpha value is -2.96. The monoisotopic (exact) mass is 345 g/mol. The summed E-state index contributed by atoms with van der Waals surface area (Å²) in [5, 5.41) is 7.89. The number of anilines is 2. The first-order valence-electron chi connectivity index (χ1n) is 7.92. The zero-order valence-electron chi connectivity index (χ0n) is 13.3. The van der Waals surface area contributed by atoms with Crippen LogP contribution in [0, 0.1) is 11.6 Å². The highest BCUT2D eigenvalue weighted by molar-refractivity contribution is 6.01. The van der Waals surface area contributed by atoms with Gasteiger partial charge in [0.1, 0.15) is 17.3 Å². The molecule has 0 saturated heterocycles. The van der Waals surface area contributed by atoms with Crippen LogP contribution in [0.4, 0.5) is 20.2 Å². The van der Waals surface area contributed by atoms with Crippen LogP contribution in [-0.4, -0.2) is 24.4 Å². The quantitative estimate of drug-likeness (QED) is 0.754. The number of hydrogen-bond donors (Lipinski definition) is 3. The van der Waals surface area contributed by atoms with Gasteiger partial charge in [-0.25, -0.2) is 8.78 Å². The lowest BCUT2D eigenvalue weighted by molar-refractivity contribution is -0.114. The second-order valence-corrected chi connectivity index (χ2v) is 5.79. The van der Waals surface area contributed by atoms with E-state index in [1.54, 1.807) is 24.3 Å². The Morgan fingerprint density at radius 2 is 1.68 bits per heavy atom. The molecule has 2 aromatic carbocycles. The molecule has 0 spiro atoms. The Bertz CT molecular complexity index is 786. The van der Waals surface area contributed by atoms with Crippen LogP contribution in [0.5, 0.6) is 0 Å². The maximum Gasteiger partial charge on any atom is 0.253 e. The lowest BCUT2D eigenvalue weighted by atomic mass is 10.1. The van der Waals surface area contributed by atoms with Crippen LogP contribution >= 0.6 is 0 Å². The molecule has 7 heteroatoms. The lowest BCUT2D eigenvalue weighted by Crippen LogP contribution is -2.28. The molecule has 0 bridgehead atoms. The first kappa shape index (κ1) is 16.9. The minimum Gasteiger partial charge on any atom is -0.376 e. The molecule has 3 N–H and O–H groups in total. The average molecular weight is 345 g/mol. The number of nitrogens with one attached hydrogen (secondary N) is 3. The van der Waals surface area contributed by atoms with Gasteiger partial charge in [-0.15, -0.1) is 0 Å². The second kappa shape index (κ2) is 7.29. The van der Waals surface area contributed by atoms with Crippen molar-refractivity contribution in [2.24, 2.45) is 0 Å². The first-order valence-corrected chi connectivity index (χ1v) is 7.92. The Morgan fingerprint density at radius 3 is 2.36 bits per heavy atom. The van der Waals surface area contributed by atoms with Crippen molar-refractivity contribution in [2.75, 3.05) is 17.2 Å². The van der Waals surface area contributed by atoms with E-state index < -0.39 is 23.2 Å². The molecular weight excluding hydrogens is 328 g/mol. The van der Waals surface area contributed by atoms with E-state index in [0.717, 1.165) is 25.0 Å². The third kappa shape index (κ3) is 4.32. The topological polar surface area (TPSA) is 70.2 Å². The fourth-order valence-electron chi connectivity index (χ4n) is 2.30. The molecule has 5 nitrogen and oxygen atoms in total. The molecule has 3 rings (SSSR count). The number of para-hydroxylation sites is 2. The summed E-state index contributed by atoms with van der Waals surface area (Å²) in [6, 6.07) is 10.3. The van der Waals surface area contributed by atoms with E-state index in [1.807, 2.05) is 0 Å². The van der Waals surface area contributed by atoms with Gasteiger partial charge in [0.15, 0.2) is 0 Å². The Balaban J connectivity index is 1.63. The summed E-state index contributed by atoms with van der Waals surface area (Å²) in [4.78, 5) is 24.1. The predicted octanol–water partition coefficient (Wildman–Crippen LogP) is 2.91. The minimum atomic E-state index is -0.849. The summed E-state index contributed by atoms with van der Waals surface area (Å²) in [5.74, 6) is -2.54. The summed E-state index contributed by atoms with van der Waals surface area (Å²) >= 11 is 0. The van der Waals surface area contributed by atoms with Crippen LogP contribution in [0.2, 0.25) is 0 Å². The van der Waals surface area contributed by atoms with E-state index in [2.05, 4.69) is 16.0 Å². The van der Waals surface area contributed by atoms with Crippen LogP contribution in [0.3, 0.4) is 0 Å². The highest BCUT2D eigenvalue weighted by atomic mass is 19.1. The van der Waals surface area contributed by atoms with Crippen LogP contribution < -0.4 is 16.0 Å². The van der Waals surface area contributed by atoms with Crippen molar-refractivity contribution in [3.8, 4) is 0 Å². The number of amides is 2. The molecule has 0 aliphatic heterocycles. The van der Waals surface area contributed by atoms with Gasteiger partial charge in [0, 0.05) is 11.7 Å². The van der Waals surface area contributed by atoms with E-state index in [0.29, 0.717) is 11.3 Å². The zero-order valence-corrected chi connectivity index (χ0v) is 13.3. The van der Waals surface area contributed by atoms with Gasteiger partial charge in [0.25, 0.3) is 5.91 Å². The smallest absolute Gasteiger partial charge is 0.253 e. The van der Waals surface area contributed by atoms with Gasteiger partial charge >= 0.3 is 0 Å². The summed E-state index contributed by atoms with van der Waals surface area (Å²) in [6.45, 7) is -0.235. The highest BCUT2D eigenvalue weighted by Crippen LogP contribution is 2.22. The van der Waals surface area contributed by atoms with Crippen molar-refractivity contribution in [3.05, 3.63) is 59.7 Å². The fraction of sp³-hybridized carbons (Fsp3) is 0.222. The van der Waals surface area contributed by atoms with Gasteiger partial charge < -0.3 is 16.0 Å². The van der Waals surface area contributed by atoms with Gasteiger partial charge in [-0.3, -0.25) is 9.59 Å². The molecule has 1 aliphatic carbocycles. The number of carbonyl (C=O) groups excluding carboxylic acids is 2. The SMILES string of the molecule is O=C(CNc1ccccc1C(=O)NC1CC1)Nc1c(F)cccc1F. The summed E-state index contributed by atoms with van der Waals surface area (Å²) < 4.78 is 27.1. The zero-order chi connectivity index (χ0) is 17.8. The molecule has 1 saturated carbocycles. The summed E-state index contributed by atoms with van der Waals surface area (Å²) in [5.41, 5.74) is 0.401. The van der Waals surface area contributed by atoms with Crippen LogP contribution in [0.1, 0.15) is 23.2 Å². The second-order valence-electron chi connectivity index (χ2n) is 5.79. The average Bonchev–Trinajstić information content (AvgIpc) is 3.40. The number of carbonyl (C=O) groups is 2. The Kier molecular flexibility index (Phi) is 4.92. The van der Waals surface area contributed by atoms with Crippen molar-refractivity contribution in [2.45, 2.75) is 18.9 Å². The molecule has 0 unspecified atom stereocenters. The molecule has 1 fully saturated rings. The van der Waals surface area contributed by atoms with Crippen molar-refractivity contribution >= 4 is 23.2 Å². The lowest BCUT2D eigenvalue weighted by Gasteiger charge is -2.12. The van der Waals surface area contributed by atoms with E-state index in [4.69, 9.17) is 0 Å². The normalized spacial score (nSPS) is 13.2. The summed E-state index contributed by atoms with van der Waals surface area (Å²) in [6.07, 6.45) is 1.94. The number of rotatable bonds is 6. The number of benzene rings is 2. The summed E-state index contributed by atoms with van der Waals surface area (Å²) in [7, 11) is 0. The molecular formula is C18H17F2N3O2. The van der Waals surface area contributed by atoms with Crippen molar-refractivity contribution in [1.82, 2.24) is 5.32 Å². The van der Waals surface area contributed by atoms with E-state index in [-0.39, 0.29) is 18.5 Å². The minimum absolute atomic E-state index is 0.216. The van der Waals surface area contributed by atoms with Crippen molar-refractivity contribution < 1.29 is 18.4 Å². The Morgan fingerprint density at radius 1 is 1.00 bits per heavy atom. The van der Waals surface area contributed by atoms with Crippen molar-refractivity contribution in [3.63, 3.8) is 0 Å². The third-order valence-corrected chi connectivity index (χ3v) is 3.75. The molecule has 0 heterocycles. The molecule has 0 atom stereocenters. The Labute approximate surface area is 143 Å². The van der Waals surface area contributed by atoms with Gasteiger partial charge in [-0.2, -0.15) is 0 Å². The molecule has 0 aromatic heterocycles. The van der Waals surface area contributed by atoms with E-state index >= 15 is 0 Å². The van der Waals surface area contributed by atoms with Crippen LogP contribution in [0.25, 0.3) is 0 Å². The standard InChI is InChI=1S/C18H17F2N3O2/c19-13-5-3-6-14(20)17(13)23-16(24)10-21-15-7-2-1-4-12(15)18(25)22-11-8-9-11/h1-7,11,21H,8-10H2,(H,22,25)(H,23,24). The predicted molar refractivity (Wildman–Crippen MR) is 90.4 cm³/mol.